The number of aliphatic hydroxyl groups is 1. The molecule has 3 atom stereocenters. The molecular weight excluding hydrogens is 338 g/mol. The zero-order valence-corrected chi connectivity index (χ0v) is 15.8. The van der Waals surface area contributed by atoms with Crippen LogP contribution in [0.15, 0.2) is 54.6 Å². The number of benzene rings is 2. The molecule has 1 aliphatic heterocycles. The van der Waals surface area contributed by atoms with E-state index in [2.05, 4.69) is 0 Å². The van der Waals surface area contributed by atoms with Crippen molar-refractivity contribution in [1.29, 1.82) is 0 Å². The maximum absolute atomic E-state index is 13.1. The summed E-state index contributed by atoms with van der Waals surface area (Å²) in [6.07, 6.45) is 4.69. The summed E-state index contributed by atoms with van der Waals surface area (Å²) in [5.74, 6) is 0.949. The van der Waals surface area contributed by atoms with Crippen molar-refractivity contribution in [1.82, 2.24) is 4.90 Å². The van der Waals surface area contributed by atoms with Crippen molar-refractivity contribution in [3.05, 3.63) is 65.7 Å². The van der Waals surface area contributed by atoms with Gasteiger partial charge < -0.3 is 14.7 Å². The van der Waals surface area contributed by atoms with E-state index in [9.17, 15) is 9.90 Å². The molecule has 0 radical (unpaired) electrons. The number of carbonyl (C=O) groups excluding carboxylic acids is 1. The number of hydrogen-bond acceptors (Lipinski definition) is 3. The molecule has 142 valence electrons. The number of rotatable bonds is 3. The van der Waals surface area contributed by atoms with Crippen LogP contribution in [-0.2, 0) is 5.60 Å². The molecular formula is C23H27NO3. The molecule has 2 aromatic carbocycles. The van der Waals surface area contributed by atoms with E-state index in [1.807, 2.05) is 59.5 Å². The average Bonchev–Trinajstić information content (AvgIpc) is 2.74. The van der Waals surface area contributed by atoms with Gasteiger partial charge in [0.2, 0.25) is 0 Å². The highest BCUT2D eigenvalue weighted by atomic mass is 16.5. The third kappa shape index (κ3) is 3.23. The number of methoxy groups -OCH3 is 1. The largest absolute Gasteiger partial charge is 0.497 e. The van der Waals surface area contributed by atoms with Gasteiger partial charge in [-0.05, 0) is 49.1 Å². The lowest BCUT2D eigenvalue weighted by molar-refractivity contribution is -0.110. The smallest absolute Gasteiger partial charge is 0.254 e. The zero-order valence-electron chi connectivity index (χ0n) is 15.8. The summed E-state index contributed by atoms with van der Waals surface area (Å²) in [6.45, 7) is 0.581. The van der Waals surface area contributed by atoms with Gasteiger partial charge in [0.05, 0.1) is 12.7 Å². The standard InChI is InChI=1S/C23H27NO3/c1-27-19-13-11-18(12-14-19)23(26)15-16-24(21-10-6-5-9-20(21)23)22(25)17-7-3-2-4-8-17/h2-4,7-8,11-14,20-21,26H,5-6,9-10,15-16H2,1H3/t20-,21-,23-/m0/s1. The molecule has 27 heavy (non-hydrogen) atoms. The number of piperidine rings is 1. The highest BCUT2D eigenvalue weighted by Crippen LogP contribution is 2.47. The predicted molar refractivity (Wildman–Crippen MR) is 105 cm³/mol. The number of ether oxygens (including phenoxy) is 1. The first-order valence-electron chi connectivity index (χ1n) is 9.86. The molecule has 4 nitrogen and oxygen atoms in total. The van der Waals surface area contributed by atoms with Crippen molar-refractivity contribution in [3.8, 4) is 5.75 Å². The van der Waals surface area contributed by atoms with Gasteiger partial charge in [-0.15, -0.1) is 0 Å². The van der Waals surface area contributed by atoms with Crippen LogP contribution in [0.2, 0.25) is 0 Å². The monoisotopic (exact) mass is 365 g/mol. The minimum Gasteiger partial charge on any atom is -0.497 e. The van der Waals surface area contributed by atoms with E-state index in [0.29, 0.717) is 13.0 Å². The van der Waals surface area contributed by atoms with E-state index >= 15 is 0 Å². The van der Waals surface area contributed by atoms with Crippen molar-refractivity contribution < 1.29 is 14.6 Å². The van der Waals surface area contributed by atoms with Crippen LogP contribution in [0.3, 0.4) is 0 Å². The molecule has 1 amide bonds. The Morgan fingerprint density at radius 2 is 1.78 bits per heavy atom. The van der Waals surface area contributed by atoms with Crippen molar-refractivity contribution in [2.75, 3.05) is 13.7 Å². The van der Waals surface area contributed by atoms with Crippen molar-refractivity contribution in [3.63, 3.8) is 0 Å². The molecule has 2 aliphatic rings. The van der Waals surface area contributed by atoms with Gasteiger partial charge in [0.15, 0.2) is 0 Å². The quantitative estimate of drug-likeness (QED) is 0.895. The summed E-state index contributed by atoms with van der Waals surface area (Å²) in [5.41, 5.74) is 0.786. The fourth-order valence-corrected chi connectivity index (χ4v) is 4.92. The second-order valence-corrected chi connectivity index (χ2v) is 7.73. The third-order valence-corrected chi connectivity index (χ3v) is 6.35. The van der Waals surface area contributed by atoms with Crippen LogP contribution >= 0.6 is 0 Å². The van der Waals surface area contributed by atoms with E-state index in [1.54, 1.807) is 7.11 Å². The van der Waals surface area contributed by atoms with E-state index in [-0.39, 0.29) is 17.9 Å². The van der Waals surface area contributed by atoms with Crippen LogP contribution < -0.4 is 4.74 Å². The molecule has 1 saturated carbocycles. The fourth-order valence-electron chi connectivity index (χ4n) is 4.92. The zero-order chi connectivity index (χ0) is 18.9. The van der Waals surface area contributed by atoms with Gasteiger partial charge in [-0.1, -0.05) is 43.2 Å². The topological polar surface area (TPSA) is 49.8 Å². The molecule has 1 heterocycles. The van der Waals surface area contributed by atoms with Crippen LogP contribution in [0.25, 0.3) is 0 Å². The highest BCUT2D eigenvalue weighted by molar-refractivity contribution is 5.94. The predicted octanol–water partition coefficient (Wildman–Crippen LogP) is 3.99. The van der Waals surface area contributed by atoms with E-state index in [0.717, 1.165) is 42.6 Å². The normalized spacial score (nSPS) is 27.7. The Balaban J connectivity index is 1.64. The van der Waals surface area contributed by atoms with Gasteiger partial charge in [0.25, 0.3) is 5.91 Å². The number of carbonyl (C=O) groups is 1. The highest BCUT2D eigenvalue weighted by Gasteiger charge is 2.50. The SMILES string of the molecule is COc1ccc([C@@]2(O)CCN(C(=O)c3ccccc3)[C@H]3CCCC[C@@H]32)cc1. The number of nitrogens with zero attached hydrogens (tertiary/aromatic N) is 1. The third-order valence-electron chi connectivity index (χ3n) is 6.35. The molecule has 0 aromatic heterocycles. The second-order valence-electron chi connectivity index (χ2n) is 7.73. The Bertz CT molecular complexity index is 789. The van der Waals surface area contributed by atoms with E-state index in [4.69, 9.17) is 4.74 Å². The van der Waals surface area contributed by atoms with Gasteiger partial charge in [0, 0.05) is 24.1 Å². The maximum atomic E-state index is 13.1. The fraction of sp³-hybridized carbons (Fsp3) is 0.435. The average molecular weight is 365 g/mol. The first kappa shape index (κ1) is 18.1. The number of hydrogen-bond donors (Lipinski definition) is 1. The Morgan fingerprint density at radius 3 is 2.48 bits per heavy atom. The first-order chi connectivity index (χ1) is 13.1. The first-order valence-corrected chi connectivity index (χ1v) is 9.86. The maximum Gasteiger partial charge on any atom is 0.254 e. The van der Waals surface area contributed by atoms with Gasteiger partial charge in [-0.2, -0.15) is 0 Å². The molecule has 0 unspecified atom stereocenters. The van der Waals surface area contributed by atoms with Crippen molar-refractivity contribution in [2.45, 2.75) is 43.7 Å². The van der Waals surface area contributed by atoms with Crippen molar-refractivity contribution in [2.24, 2.45) is 5.92 Å². The summed E-state index contributed by atoms with van der Waals surface area (Å²) >= 11 is 0. The molecule has 1 N–H and O–H groups in total. The lowest BCUT2D eigenvalue weighted by Gasteiger charge is -2.52. The Labute approximate surface area is 160 Å². The van der Waals surface area contributed by atoms with E-state index < -0.39 is 5.60 Å². The summed E-state index contributed by atoms with van der Waals surface area (Å²) in [7, 11) is 1.65. The summed E-state index contributed by atoms with van der Waals surface area (Å²) in [5, 5.41) is 11.7. The lowest BCUT2D eigenvalue weighted by atomic mass is 9.66. The Kier molecular flexibility index (Phi) is 4.92. The van der Waals surface area contributed by atoms with Gasteiger partial charge in [-0.25, -0.2) is 0 Å². The lowest BCUT2D eigenvalue weighted by Crippen LogP contribution is -2.58. The number of amides is 1. The second kappa shape index (κ2) is 7.35. The summed E-state index contributed by atoms with van der Waals surface area (Å²) in [6, 6.07) is 17.4. The van der Waals surface area contributed by atoms with Crippen LogP contribution in [0.1, 0.15) is 48.0 Å². The van der Waals surface area contributed by atoms with Gasteiger partial charge in [0.1, 0.15) is 5.75 Å². The molecule has 0 spiro atoms. The molecule has 2 fully saturated rings. The molecule has 4 heteroatoms. The number of fused-ring (bicyclic) bond motifs is 1. The summed E-state index contributed by atoms with van der Waals surface area (Å²) < 4.78 is 5.26. The van der Waals surface area contributed by atoms with Crippen LogP contribution in [0.4, 0.5) is 0 Å². The van der Waals surface area contributed by atoms with Crippen LogP contribution in [0, 0.1) is 5.92 Å². The van der Waals surface area contributed by atoms with E-state index in [1.165, 1.54) is 0 Å². The van der Waals surface area contributed by atoms with Crippen molar-refractivity contribution >= 4 is 5.91 Å². The molecule has 0 bridgehead atoms. The van der Waals surface area contributed by atoms with Gasteiger partial charge in [-0.3, -0.25) is 4.79 Å². The molecule has 1 saturated heterocycles. The molecule has 2 aromatic rings. The Morgan fingerprint density at radius 1 is 1.07 bits per heavy atom. The minimum atomic E-state index is -0.884. The van der Waals surface area contributed by atoms with Gasteiger partial charge >= 0.3 is 0 Å². The number of likely N-dealkylation sites (tertiary alicyclic amines) is 1. The van der Waals surface area contributed by atoms with Crippen LogP contribution in [-0.4, -0.2) is 35.6 Å². The molecule has 1 aliphatic carbocycles. The minimum absolute atomic E-state index is 0.0704. The summed E-state index contributed by atoms with van der Waals surface area (Å²) in [4.78, 5) is 15.1. The molecule has 4 rings (SSSR count). The van der Waals surface area contributed by atoms with Crippen LogP contribution in [0.5, 0.6) is 5.75 Å². The Hall–Kier alpha value is -2.33.